The Hall–Kier alpha value is -1.73. The van der Waals surface area contributed by atoms with Crippen LogP contribution >= 0.6 is 0 Å². The second-order valence-electron chi connectivity index (χ2n) is 6.82. The third-order valence-corrected chi connectivity index (χ3v) is 4.88. The minimum absolute atomic E-state index is 0.0776. The number of carbonyl (C=O) groups is 1. The number of amides is 1. The molecule has 7 nitrogen and oxygen atoms in total. The molecule has 1 aromatic heterocycles. The highest BCUT2D eigenvalue weighted by Gasteiger charge is 2.27. The minimum Gasteiger partial charge on any atom is -0.376 e. The van der Waals surface area contributed by atoms with Crippen LogP contribution < -0.4 is 5.32 Å². The van der Waals surface area contributed by atoms with Gasteiger partial charge in [-0.15, -0.1) is 5.10 Å². The second-order valence-corrected chi connectivity index (χ2v) is 6.82. The molecule has 25 heavy (non-hydrogen) atoms. The molecule has 3 rings (SSSR count). The van der Waals surface area contributed by atoms with Gasteiger partial charge in [0.2, 0.25) is 0 Å². The van der Waals surface area contributed by atoms with Crippen LogP contribution in [0.4, 0.5) is 5.82 Å². The van der Waals surface area contributed by atoms with Crippen molar-refractivity contribution in [2.75, 3.05) is 31.6 Å². The SMILES string of the molecule is C[C@@H](OC[C@@H]1CCCCO1)C(=O)N1CCC(Nc2cccnn2)CC1. The van der Waals surface area contributed by atoms with E-state index >= 15 is 0 Å². The first-order valence-electron chi connectivity index (χ1n) is 9.28. The summed E-state index contributed by atoms with van der Waals surface area (Å²) in [6.07, 6.45) is 6.54. The Morgan fingerprint density at radius 2 is 2.24 bits per heavy atom. The van der Waals surface area contributed by atoms with Crippen molar-refractivity contribution in [1.29, 1.82) is 0 Å². The first-order chi connectivity index (χ1) is 12.2. The number of piperidine rings is 1. The molecule has 3 heterocycles. The molecule has 1 amide bonds. The van der Waals surface area contributed by atoms with Gasteiger partial charge in [0.15, 0.2) is 0 Å². The summed E-state index contributed by atoms with van der Waals surface area (Å²) in [6, 6.07) is 4.10. The van der Waals surface area contributed by atoms with Gasteiger partial charge in [-0.05, 0) is 51.2 Å². The van der Waals surface area contributed by atoms with Crippen molar-refractivity contribution in [3.05, 3.63) is 18.3 Å². The van der Waals surface area contributed by atoms with E-state index in [4.69, 9.17) is 9.47 Å². The Morgan fingerprint density at radius 3 is 2.92 bits per heavy atom. The number of nitrogens with one attached hydrogen (secondary N) is 1. The van der Waals surface area contributed by atoms with Gasteiger partial charge in [0.25, 0.3) is 5.91 Å². The molecule has 0 aliphatic carbocycles. The molecule has 2 fully saturated rings. The van der Waals surface area contributed by atoms with Crippen LogP contribution in [-0.2, 0) is 14.3 Å². The van der Waals surface area contributed by atoms with Crippen molar-refractivity contribution < 1.29 is 14.3 Å². The fraction of sp³-hybridized carbons (Fsp3) is 0.722. The van der Waals surface area contributed by atoms with Crippen LogP contribution in [0.15, 0.2) is 18.3 Å². The zero-order valence-electron chi connectivity index (χ0n) is 14.9. The van der Waals surface area contributed by atoms with Crippen LogP contribution in [0.5, 0.6) is 0 Å². The van der Waals surface area contributed by atoms with Gasteiger partial charge in [-0.2, -0.15) is 5.10 Å². The predicted octanol–water partition coefficient (Wildman–Crippen LogP) is 1.85. The number of rotatable bonds is 6. The molecule has 7 heteroatoms. The van der Waals surface area contributed by atoms with E-state index in [-0.39, 0.29) is 12.0 Å². The number of anilines is 1. The molecule has 0 bridgehead atoms. The average Bonchev–Trinajstić information content (AvgIpc) is 2.68. The van der Waals surface area contributed by atoms with Gasteiger partial charge in [0.1, 0.15) is 11.9 Å². The normalized spacial score (nSPS) is 23.2. The van der Waals surface area contributed by atoms with Crippen molar-refractivity contribution >= 4 is 11.7 Å². The van der Waals surface area contributed by atoms with E-state index in [0.717, 1.165) is 51.2 Å². The number of ether oxygens (including phenoxy) is 2. The quantitative estimate of drug-likeness (QED) is 0.845. The monoisotopic (exact) mass is 348 g/mol. The number of hydrogen-bond donors (Lipinski definition) is 1. The zero-order chi connectivity index (χ0) is 17.5. The van der Waals surface area contributed by atoms with Crippen molar-refractivity contribution in [2.45, 2.75) is 57.3 Å². The first-order valence-corrected chi connectivity index (χ1v) is 9.28. The summed E-state index contributed by atoms with van der Waals surface area (Å²) >= 11 is 0. The van der Waals surface area contributed by atoms with Crippen molar-refractivity contribution in [3.63, 3.8) is 0 Å². The summed E-state index contributed by atoms with van der Waals surface area (Å²) in [5.41, 5.74) is 0. The molecule has 2 saturated heterocycles. The highest BCUT2D eigenvalue weighted by Crippen LogP contribution is 2.17. The minimum atomic E-state index is -0.407. The lowest BCUT2D eigenvalue weighted by atomic mass is 10.0. The van der Waals surface area contributed by atoms with Gasteiger partial charge in [-0.1, -0.05) is 0 Å². The standard InChI is InChI=1S/C18H28N4O3/c1-14(25-13-16-5-2-3-12-24-16)18(23)22-10-7-15(8-11-22)20-17-6-4-9-19-21-17/h4,6,9,14-16H,2-3,5,7-8,10-13H2,1H3,(H,20,21)/t14-,16+/m1/s1. The number of likely N-dealkylation sites (tertiary alicyclic amines) is 1. The molecule has 0 radical (unpaired) electrons. The maximum atomic E-state index is 12.6. The molecule has 2 atom stereocenters. The predicted molar refractivity (Wildman–Crippen MR) is 94.3 cm³/mol. The van der Waals surface area contributed by atoms with Crippen LogP contribution in [-0.4, -0.2) is 65.6 Å². The molecule has 1 aromatic rings. The van der Waals surface area contributed by atoms with Crippen molar-refractivity contribution in [2.24, 2.45) is 0 Å². The fourth-order valence-electron chi connectivity index (χ4n) is 3.35. The summed E-state index contributed by atoms with van der Waals surface area (Å²) < 4.78 is 11.4. The van der Waals surface area contributed by atoms with Gasteiger partial charge in [-0.3, -0.25) is 4.79 Å². The Morgan fingerprint density at radius 1 is 1.40 bits per heavy atom. The lowest BCUT2D eigenvalue weighted by Crippen LogP contribution is -2.46. The van der Waals surface area contributed by atoms with E-state index in [1.165, 1.54) is 6.42 Å². The largest absolute Gasteiger partial charge is 0.376 e. The summed E-state index contributed by atoms with van der Waals surface area (Å²) in [4.78, 5) is 14.5. The molecular formula is C18H28N4O3. The fourth-order valence-corrected chi connectivity index (χ4v) is 3.35. The number of nitrogens with zero attached hydrogens (tertiary/aromatic N) is 3. The molecule has 2 aliphatic heterocycles. The van der Waals surface area contributed by atoms with E-state index in [9.17, 15) is 4.79 Å². The number of hydrogen-bond acceptors (Lipinski definition) is 6. The average molecular weight is 348 g/mol. The van der Waals surface area contributed by atoms with Gasteiger partial charge in [-0.25, -0.2) is 0 Å². The first kappa shape index (κ1) is 18.1. The number of carbonyl (C=O) groups excluding carboxylic acids is 1. The van der Waals surface area contributed by atoms with Crippen molar-refractivity contribution in [1.82, 2.24) is 15.1 Å². The molecule has 0 saturated carbocycles. The van der Waals surface area contributed by atoms with E-state index in [2.05, 4.69) is 15.5 Å². The topological polar surface area (TPSA) is 76.6 Å². The molecule has 0 aromatic carbocycles. The maximum absolute atomic E-state index is 12.6. The molecular weight excluding hydrogens is 320 g/mol. The second kappa shape index (κ2) is 9.10. The smallest absolute Gasteiger partial charge is 0.251 e. The molecule has 1 N–H and O–H groups in total. The molecule has 2 aliphatic rings. The van der Waals surface area contributed by atoms with Gasteiger partial charge in [0, 0.05) is 31.9 Å². The zero-order valence-corrected chi connectivity index (χ0v) is 14.9. The summed E-state index contributed by atoms with van der Waals surface area (Å²) in [5.74, 6) is 0.866. The maximum Gasteiger partial charge on any atom is 0.251 e. The Bertz CT molecular complexity index is 528. The molecule has 138 valence electrons. The van der Waals surface area contributed by atoms with E-state index in [0.29, 0.717) is 12.6 Å². The van der Waals surface area contributed by atoms with Gasteiger partial charge < -0.3 is 19.7 Å². The molecule has 0 spiro atoms. The third-order valence-electron chi connectivity index (χ3n) is 4.88. The van der Waals surface area contributed by atoms with Crippen LogP contribution in [0, 0.1) is 0 Å². The van der Waals surface area contributed by atoms with Gasteiger partial charge >= 0.3 is 0 Å². The van der Waals surface area contributed by atoms with Crippen molar-refractivity contribution in [3.8, 4) is 0 Å². The Kier molecular flexibility index (Phi) is 6.58. The van der Waals surface area contributed by atoms with Crippen LogP contribution in [0.1, 0.15) is 39.0 Å². The lowest BCUT2D eigenvalue weighted by Gasteiger charge is -2.34. The summed E-state index contributed by atoms with van der Waals surface area (Å²) in [7, 11) is 0. The third kappa shape index (κ3) is 5.37. The van der Waals surface area contributed by atoms with Crippen LogP contribution in [0.3, 0.4) is 0 Å². The lowest BCUT2D eigenvalue weighted by molar-refractivity contribution is -0.147. The summed E-state index contributed by atoms with van der Waals surface area (Å²) in [5, 5.41) is 11.3. The Balaban J connectivity index is 1.38. The van der Waals surface area contributed by atoms with Crippen LogP contribution in [0.2, 0.25) is 0 Å². The van der Waals surface area contributed by atoms with E-state index in [1.807, 2.05) is 24.0 Å². The van der Waals surface area contributed by atoms with Crippen LogP contribution in [0.25, 0.3) is 0 Å². The highest BCUT2D eigenvalue weighted by atomic mass is 16.5. The summed E-state index contributed by atoms with van der Waals surface area (Å²) in [6.45, 7) is 4.64. The molecule has 0 unspecified atom stereocenters. The van der Waals surface area contributed by atoms with E-state index in [1.54, 1.807) is 6.20 Å². The van der Waals surface area contributed by atoms with E-state index < -0.39 is 6.10 Å². The Labute approximate surface area is 149 Å². The van der Waals surface area contributed by atoms with Gasteiger partial charge in [0.05, 0.1) is 12.7 Å². The number of aromatic nitrogens is 2. The highest BCUT2D eigenvalue weighted by molar-refractivity contribution is 5.80.